The summed E-state index contributed by atoms with van der Waals surface area (Å²) in [5.74, 6) is 0. The normalized spacial score (nSPS) is 18.2. The van der Waals surface area contributed by atoms with Crippen LogP contribution in [-0.4, -0.2) is 14.1 Å². The maximum Gasteiger partial charge on any atom is 0.283 e. The van der Waals surface area contributed by atoms with Crippen LogP contribution in [0.25, 0.3) is 0 Å². The predicted octanol–water partition coefficient (Wildman–Crippen LogP) is 1.51. The van der Waals surface area contributed by atoms with E-state index < -0.39 is 10.0 Å². The van der Waals surface area contributed by atoms with Gasteiger partial charge in [-0.25, -0.2) is 0 Å². The number of rotatable bonds is 0. The molecule has 2 rings (SSSR count). The SMILES string of the molecule is CC1=NS(=O)(=O)c2cc(C)ccc21. The van der Waals surface area contributed by atoms with E-state index in [1.807, 2.05) is 13.0 Å². The van der Waals surface area contributed by atoms with Crippen molar-refractivity contribution in [3.63, 3.8) is 0 Å². The predicted molar refractivity (Wildman–Crippen MR) is 50.6 cm³/mol. The van der Waals surface area contributed by atoms with Crippen molar-refractivity contribution in [2.75, 3.05) is 0 Å². The van der Waals surface area contributed by atoms with E-state index in [9.17, 15) is 8.42 Å². The summed E-state index contributed by atoms with van der Waals surface area (Å²) < 4.78 is 26.5. The summed E-state index contributed by atoms with van der Waals surface area (Å²) >= 11 is 0. The minimum atomic E-state index is -3.39. The summed E-state index contributed by atoms with van der Waals surface area (Å²) in [6.45, 7) is 3.57. The molecule has 0 unspecified atom stereocenters. The van der Waals surface area contributed by atoms with Crippen molar-refractivity contribution in [1.82, 2.24) is 0 Å². The van der Waals surface area contributed by atoms with Crippen LogP contribution in [0.4, 0.5) is 0 Å². The first-order valence-electron chi connectivity index (χ1n) is 3.93. The molecule has 0 saturated carbocycles. The van der Waals surface area contributed by atoms with Gasteiger partial charge < -0.3 is 0 Å². The number of aryl methyl sites for hydroxylation is 1. The van der Waals surface area contributed by atoms with E-state index in [-0.39, 0.29) is 0 Å². The molecule has 1 heterocycles. The van der Waals surface area contributed by atoms with Crippen LogP contribution < -0.4 is 0 Å². The zero-order valence-electron chi connectivity index (χ0n) is 7.40. The van der Waals surface area contributed by atoms with Gasteiger partial charge in [-0.3, -0.25) is 0 Å². The lowest BCUT2D eigenvalue weighted by molar-refractivity contribution is 0.599. The number of hydrogen-bond acceptors (Lipinski definition) is 2. The maximum absolute atomic E-state index is 11.4. The van der Waals surface area contributed by atoms with Crippen LogP contribution in [0.5, 0.6) is 0 Å². The third-order valence-electron chi connectivity index (χ3n) is 2.06. The van der Waals surface area contributed by atoms with Gasteiger partial charge in [0.25, 0.3) is 10.0 Å². The third-order valence-corrected chi connectivity index (χ3v) is 3.47. The molecule has 0 N–H and O–H groups in total. The largest absolute Gasteiger partial charge is 0.283 e. The van der Waals surface area contributed by atoms with Crippen molar-refractivity contribution in [3.05, 3.63) is 29.3 Å². The molecule has 4 heteroatoms. The average Bonchev–Trinajstić information content (AvgIpc) is 2.23. The highest BCUT2D eigenvalue weighted by Crippen LogP contribution is 2.26. The standard InChI is InChI=1S/C9H9NO2S/c1-6-3-4-8-7(2)10-13(11,12)9(8)5-6/h3-5H,1-2H3. The summed E-state index contributed by atoms with van der Waals surface area (Å²) in [5, 5.41) is 0. The zero-order chi connectivity index (χ0) is 9.64. The van der Waals surface area contributed by atoms with Gasteiger partial charge in [0, 0.05) is 5.56 Å². The molecule has 0 bridgehead atoms. The van der Waals surface area contributed by atoms with E-state index in [0.29, 0.717) is 10.6 Å². The van der Waals surface area contributed by atoms with E-state index in [4.69, 9.17) is 0 Å². The van der Waals surface area contributed by atoms with Gasteiger partial charge in [0.05, 0.1) is 10.6 Å². The summed E-state index contributed by atoms with van der Waals surface area (Å²) in [5.41, 5.74) is 2.24. The number of nitrogens with zero attached hydrogens (tertiary/aromatic N) is 1. The van der Waals surface area contributed by atoms with Gasteiger partial charge in [-0.1, -0.05) is 12.1 Å². The van der Waals surface area contributed by atoms with Crippen molar-refractivity contribution in [2.45, 2.75) is 18.7 Å². The van der Waals surface area contributed by atoms with E-state index in [0.717, 1.165) is 11.1 Å². The molecule has 0 atom stereocenters. The second-order valence-electron chi connectivity index (χ2n) is 3.15. The molecular formula is C9H9NO2S. The van der Waals surface area contributed by atoms with Crippen molar-refractivity contribution >= 4 is 15.7 Å². The average molecular weight is 195 g/mol. The second kappa shape index (κ2) is 2.42. The molecule has 68 valence electrons. The van der Waals surface area contributed by atoms with Gasteiger partial charge in [0.1, 0.15) is 0 Å². The third kappa shape index (κ3) is 1.18. The van der Waals surface area contributed by atoms with Crippen LogP contribution in [0.15, 0.2) is 27.5 Å². The fraction of sp³-hybridized carbons (Fsp3) is 0.222. The molecule has 13 heavy (non-hydrogen) atoms. The second-order valence-corrected chi connectivity index (χ2v) is 4.72. The van der Waals surface area contributed by atoms with Crippen LogP contribution in [0, 0.1) is 6.92 Å². The Morgan fingerprint density at radius 2 is 1.92 bits per heavy atom. The Morgan fingerprint density at radius 1 is 1.23 bits per heavy atom. The lowest BCUT2D eigenvalue weighted by atomic mass is 10.1. The monoisotopic (exact) mass is 195 g/mol. The van der Waals surface area contributed by atoms with E-state index >= 15 is 0 Å². The number of fused-ring (bicyclic) bond motifs is 1. The lowest BCUT2D eigenvalue weighted by Crippen LogP contribution is -1.94. The number of hydrogen-bond donors (Lipinski definition) is 0. The Morgan fingerprint density at radius 3 is 2.62 bits per heavy atom. The molecule has 1 aliphatic rings. The topological polar surface area (TPSA) is 46.5 Å². The molecule has 1 aromatic carbocycles. The first kappa shape index (κ1) is 8.44. The highest BCUT2D eigenvalue weighted by molar-refractivity contribution is 7.90. The maximum atomic E-state index is 11.4. The van der Waals surface area contributed by atoms with Crippen LogP contribution in [0.1, 0.15) is 18.1 Å². The number of benzene rings is 1. The summed E-state index contributed by atoms with van der Waals surface area (Å²) in [6.07, 6.45) is 0. The Bertz CT molecular complexity index is 500. The van der Waals surface area contributed by atoms with Crippen molar-refractivity contribution in [1.29, 1.82) is 0 Å². The van der Waals surface area contributed by atoms with Crippen LogP contribution in [0.3, 0.4) is 0 Å². The highest BCUT2D eigenvalue weighted by atomic mass is 32.2. The minimum absolute atomic E-state index is 0.338. The fourth-order valence-electron chi connectivity index (χ4n) is 1.42. The molecule has 3 nitrogen and oxygen atoms in total. The van der Waals surface area contributed by atoms with E-state index in [1.54, 1.807) is 19.1 Å². The quantitative estimate of drug-likeness (QED) is 0.630. The van der Waals surface area contributed by atoms with E-state index in [1.165, 1.54) is 0 Å². The Balaban J connectivity index is 2.83. The summed E-state index contributed by atoms with van der Waals surface area (Å²) in [7, 11) is -3.39. The molecule has 1 aliphatic heterocycles. The molecular weight excluding hydrogens is 186 g/mol. The first-order valence-corrected chi connectivity index (χ1v) is 5.37. The molecule has 0 saturated heterocycles. The van der Waals surface area contributed by atoms with Gasteiger partial charge in [-0.05, 0) is 25.5 Å². The molecule has 0 spiro atoms. The fourth-order valence-corrected chi connectivity index (χ4v) is 2.81. The first-order chi connectivity index (χ1) is 6.00. The molecule has 1 aromatic rings. The van der Waals surface area contributed by atoms with E-state index in [2.05, 4.69) is 4.40 Å². The molecule has 0 aromatic heterocycles. The van der Waals surface area contributed by atoms with Gasteiger partial charge in [-0.2, -0.15) is 12.8 Å². The summed E-state index contributed by atoms with van der Waals surface area (Å²) in [6, 6.07) is 5.34. The van der Waals surface area contributed by atoms with Crippen molar-refractivity contribution < 1.29 is 8.42 Å². The lowest BCUT2D eigenvalue weighted by Gasteiger charge is -1.98. The molecule has 0 amide bonds. The van der Waals surface area contributed by atoms with Gasteiger partial charge in [0.15, 0.2) is 0 Å². The highest BCUT2D eigenvalue weighted by Gasteiger charge is 2.25. The smallest absolute Gasteiger partial charge is 0.199 e. The molecule has 0 aliphatic carbocycles. The van der Waals surface area contributed by atoms with Crippen molar-refractivity contribution in [3.8, 4) is 0 Å². The van der Waals surface area contributed by atoms with Crippen LogP contribution in [0.2, 0.25) is 0 Å². The summed E-state index contributed by atoms with van der Waals surface area (Å²) in [4.78, 5) is 0.338. The van der Waals surface area contributed by atoms with Gasteiger partial charge in [-0.15, -0.1) is 0 Å². The van der Waals surface area contributed by atoms with Crippen LogP contribution in [-0.2, 0) is 10.0 Å². The molecule has 0 radical (unpaired) electrons. The molecule has 0 fully saturated rings. The number of sulfonamides is 1. The van der Waals surface area contributed by atoms with Crippen LogP contribution >= 0.6 is 0 Å². The minimum Gasteiger partial charge on any atom is -0.199 e. The zero-order valence-corrected chi connectivity index (χ0v) is 8.22. The Labute approximate surface area is 77.2 Å². The Hall–Kier alpha value is -1.16. The van der Waals surface area contributed by atoms with Gasteiger partial charge in [0.2, 0.25) is 0 Å². The van der Waals surface area contributed by atoms with Gasteiger partial charge >= 0.3 is 0 Å². The Kier molecular flexibility index (Phi) is 1.57. The van der Waals surface area contributed by atoms with Crippen molar-refractivity contribution in [2.24, 2.45) is 4.40 Å².